The molecule has 2 rings (SSSR count). The van der Waals surface area contributed by atoms with Crippen molar-refractivity contribution in [1.82, 2.24) is 0 Å². The van der Waals surface area contributed by atoms with E-state index in [9.17, 15) is 4.79 Å². The highest BCUT2D eigenvalue weighted by atomic mass is 35.5. The minimum atomic E-state index is -0.0413. The SMILES string of the molecule is CC(C)c1ccc(C=CC(=O)c2cccc(Cl)c2)cc1. The Morgan fingerprint density at radius 2 is 1.80 bits per heavy atom. The van der Waals surface area contributed by atoms with Crippen molar-refractivity contribution in [2.75, 3.05) is 0 Å². The van der Waals surface area contributed by atoms with E-state index in [0.717, 1.165) is 5.56 Å². The largest absolute Gasteiger partial charge is 0.289 e. The van der Waals surface area contributed by atoms with E-state index in [1.165, 1.54) is 5.56 Å². The van der Waals surface area contributed by atoms with Crippen molar-refractivity contribution in [3.05, 3.63) is 76.3 Å². The number of allylic oxidation sites excluding steroid dienone is 1. The minimum Gasteiger partial charge on any atom is -0.289 e. The van der Waals surface area contributed by atoms with Crippen LogP contribution >= 0.6 is 11.6 Å². The van der Waals surface area contributed by atoms with Gasteiger partial charge in [0, 0.05) is 10.6 Å². The van der Waals surface area contributed by atoms with Crippen LogP contribution in [-0.4, -0.2) is 5.78 Å². The lowest BCUT2D eigenvalue weighted by atomic mass is 10.0. The fourth-order valence-electron chi connectivity index (χ4n) is 1.90. The van der Waals surface area contributed by atoms with Crippen LogP contribution in [0.3, 0.4) is 0 Å². The molecule has 0 radical (unpaired) electrons. The summed E-state index contributed by atoms with van der Waals surface area (Å²) in [6, 6.07) is 15.2. The van der Waals surface area contributed by atoms with Crippen molar-refractivity contribution in [1.29, 1.82) is 0 Å². The van der Waals surface area contributed by atoms with Gasteiger partial charge in [0.15, 0.2) is 5.78 Å². The smallest absolute Gasteiger partial charge is 0.185 e. The van der Waals surface area contributed by atoms with Gasteiger partial charge in [0.05, 0.1) is 0 Å². The van der Waals surface area contributed by atoms with E-state index in [0.29, 0.717) is 16.5 Å². The van der Waals surface area contributed by atoms with Crippen molar-refractivity contribution < 1.29 is 4.79 Å². The highest BCUT2D eigenvalue weighted by Gasteiger charge is 2.02. The molecular weight excluding hydrogens is 268 g/mol. The molecule has 20 heavy (non-hydrogen) atoms. The maximum atomic E-state index is 12.0. The second kappa shape index (κ2) is 6.53. The minimum absolute atomic E-state index is 0.0413. The number of benzene rings is 2. The van der Waals surface area contributed by atoms with Crippen LogP contribution < -0.4 is 0 Å². The molecule has 0 fully saturated rings. The molecule has 0 aliphatic rings. The molecule has 0 bridgehead atoms. The number of rotatable bonds is 4. The van der Waals surface area contributed by atoms with Crippen LogP contribution in [0.1, 0.15) is 41.3 Å². The zero-order valence-electron chi connectivity index (χ0n) is 11.6. The summed E-state index contributed by atoms with van der Waals surface area (Å²) in [6.07, 6.45) is 3.41. The molecule has 0 atom stereocenters. The molecule has 0 saturated carbocycles. The molecule has 0 aliphatic carbocycles. The normalized spacial score (nSPS) is 11.2. The van der Waals surface area contributed by atoms with Crippen LogP contribution in [0.25, 0.3) is 6.08 Å². The summed E-state index contributed by atoms with van der Waals surface area (Å²) in [5, 5.41) is 0.575. The Morgan fingerprint density at radius 1 is 1.10 bits per heavy atom. The van der Waals surface area contributed by atoms with Gasteiger partial charge in [-0.3, -0.25) is 4.79 Å². The number of carbonyl (C=O) groups excluding carboxylic acids is 1. The Bertz CT molecular complexity index is 624. The average Bonchev–Trinajstić information content (AvgIpc) is 2.45. The van der Waals surface area contributed by atoms with Gasteiger partial charge in [0.25, 0.3) is 0 Å². The quantitative estimate of drug-likeness (QED) is 0.546. The molecule has 0 N–H and O–H groups in total. The Labute approximate surface area is 124 Å². The summed E-state index contributed by atoms with van der Waals surface area (Å²) in [6.45, 7) is 4.32. The number of hydrogen-bond donors (Lipinski definition) is 0. The Balaban J connectivity index is 2.11. The zero-order valence-corrected chi connectivity index (χ0v) is 12.4. The van der Waals surface area contributed by atoms with Crippen LogP contribution in [0.15, 0.2) is 54.6 Å². The van der Waals surface area contributed by atoms with E-state index in [4.69, 9.17) is 11.6 Å². The summed E-state index contributed by atoms with van der Waals surface area (Å²) in [7, 11) is 0. The van der Waals surface area contributed by atoms with Crippen molar-refractivity contribution in [2.45, 2.75) is 19.8 Å². The third-order valence-electron chi connectivity index (χ3n) is 3.14. The molecule has 0 heterocycles. The lowest BCUT2D eigenvalue weighted by Gasteiger charge is -2.04. The number of ketones is 1. The van der Waals surface area contributed by atoms with Gasteiger partial charge in [0.2, 0.25) is 0 Å². The van der Waals surface area contributed by atoms with Crippen molar-refractivity contribution in [2.24, 2.45) is 0 Å². The first kappa shape index (κ1) is 14.5. The highest BCUT2D eigenvalue weighted by molar-refractivity contribution is 6.31. The molecule has 2 aromatic rings. The molecule has 102 valence electrons. The van der Waals surface area contributed by atoms with Gasteiger partial charge >= 0.3 is 0 Å². The molecule has 0 spiro atoms. The lowest BCUT2D eigenvalue weighted by molar-refractivity contribution is 0.104. The van der Waals surface area contributed by atoms with E-state index >= 15 is 0 Å². The maximum absolute atomic E-state index is 12.0. The van der Waals surface area contributed by atoms with Gasteiger partial charge in [-0.25, -0.2) is 0 Å². The van der Waals surface area contributed by atoms with Crippen LogP contribution in [0.2, 0.25) is 5.02 Å². The van der Waals surface area contributed by atoms with Gasteiger partial charge in [0.1, 0.15) is 0 Å². The summed E-state index contributed by atoms with van der Waals surface area (Å²) >= 11 is 5.88. The predicted octanol–water partition coefficient (Wildman–Crippen LogP) is 5.36. The van der Waals surface area contributed by atoms with Crippen molar-refractivity contribution in [3.63, 3.8) is 0 Å². The van der Waals surface area contributed by atoms with E-state index < -0.39 is 0 Å². The summed E-state index contributed by atoms with van der Waals surface area (Å²) in [5.41, 5.74) is 2.92. The third kappa shape index (κ3) is 3.82. The topological polar surface area (TPSA) is 17.1 Å². The van der Waals surface area contributed by atoms with Gasteiger partial charge in [-0.05, 0) is 35.3 Å². The highest BCUT2D eigenvalue weighted by Crippen LogP contribution is 2.16. The van der Waals surface area contributed by atoms with E-state index in [-0.39, 0.29) is 5.78 Å². The Hall–Kier alpha value is -1.86. The first-order chi connectivity index (χ1) is 9.56. The molecular formula is C18H17ClO. The van der Waals surface area contributed by atoms with Crippen LogP contribution in [-0.2, 0) is 0 Å². The van der Waals surface area contributed by atoms with Gasteiger partial charge < -0.3 is 0 Å². The average molecular weight is 285 g/mol. The summed E-state index contributed by atoms with van der Waals surface area (Å²) in [4.78, 5) is 12.0. The second-order valence-corrected chi connectivity index (χ2v) is 5.47. The van der Waals surface area contributed by atoms with Gasteiger partial charge in [-0.1, -0.05) is 67.9 Å². The zero-order chi connectivity index (χ0) is 14.5. The third-order valence-corrected chi connectivity index (χ3v) is 3.37. The maximum Gasteiger partial charge on any atom is 0.185 e. The van der Waals surface area contributed by atoms with Crippen molar-refractivity contribution in [3.8, 4) is 0 Å². The molecule has 1 nitrogen and oxygen atoms in total. The first-order valence-electron chi connectivity index (χ1n) is 6.64. The second-order valence-electron chi connectivity index (χ2n) is 5.03. The summed E-state index contributed by atoms with van der Waals surface area (Å²) < 4.78 is 0. The predicted molar refractivity (Wildman–Crippen MR) is 85.3 cm³/mol. The molecule has 0 aliphatic heterocycles. The fourth-order valence-corrected chi connectivity index (χ4v) is 2.09. The molecule has 2 aromatic carbocycles. The summed E-state index contributed by atoms with van der Waals surface area (Å²) in [5.74, 6) is 0.474. The van der Waals surface area contributed by atoms with E-state index in [1.807, 2.05) is 18.2 Å². The van der Waals surface area contributed by atoms with E-state index in [1.54, 1.807) is 30.3 Å². The molecule has 2 heteroatoms. The first-order valence-corrected chi connectivity index (χ1v) is 7.02. The van der Waals surface area contributed by atoms with Gasteiger partial charge in [-0.15, -0.1) is 0 Å². The number of hydrogen-bond acceptors (Lipinski definition) is 1. The molecule has 0 saturated heterocycles. The van der Waals surface area contributed by atoms with Crippen LogP contribution in [0.5, 0.6) is 0 Å². The Kier molecular flexibility index (Phi) is 4.75. The standard InChI is InChI=1S/C18H17ClO/c1-13(2)15-9-6-14(7-10-15)8-11-18(20)16-4-3-5-17(19)12-16/h3-13H,1-2H3. The van der Waals surface area contributed by atoms with E-state index in [2.05, 4.69) is 26.0 Å². The number of halogens is 1. The lowest BCUT2D eigenvalue weighted by Crippen LogP contribution is -1.93. The monoisotopic (exact) mass is 284 g/mol. The molecule has 0 unspecified atom stereocenters. The van der Waals surface area contributed by atoms with Crippen molar-refractivity contribution >= 4 is 23.5 Å². The molecule has 0 aromatic heterocycles. The Morgan fingerprint density at radius 3 is 2.40 bits per heavy atom. The van der Waals surface area contributed by atoms with Crippen LogP contribution in [0, 0.1) is 0 Å². The molecule has 0 amide bonds. The van der Waals surface area contributed by atoms with Gasteiger partial charge in [-0.2, -0.15) is 0 Å². The fraction of sp³-hybridized carbons (Fsp3) is 0.167. The van der Waals surface area contributed by atoms with Crippen LogP contribution in [0.4, 0.5) is 0 Å². The number of carbonyl (C=O) groups is 1.